The smallest absolute Gasteiger partial charge is 0.306 e. The van der Waals surface area contributed by atoms with Crippen LogP contribution in [0.5, 0.6) is 5.75 Å². The molecular weight excluding hydrogens is 268 g/mol. The molecule has 0 aliphatic rings. The first-order valence-corrected chi connectivity index (χ1v) is 7.23. The van der Waals surface area contributed by atoms with Crippen molar-refractivity contribution in [3.05, 3.63) is 29.8 Å². The highest BCUT2D eigenvalue weighted by molar-refractivity contribution is 5.84. The first kappa shape index (κ1) is 17.2. The summed E-state index contributed by atoms with van der Waals surface area (Å²) in [7, 11) is 0. The van der Waals surface area contributed by atoms with E-state index < -0.39 is 0 Å². The Bertz CT molecular complexity index is 486. The van der Waals surface area contributed by atoms with Crippen molar-refractivity contribution < 1.29 is 19.1 Å². The predicted molar refractivity (Wildman–Crippen MR) is 81.5 cm³/mol. The van der Waals surface area contributed by atoms with Gasteiger partial charge in [-0.2, -0.15) is 0 Å². The van der Waals surface area contributed by atoms with E-state index in [1.165, 1.54) is 0 Å². The van der Waals surface area contributed by atoms with Gasteiger partial charge in [-0.3, -0.25) is 9.59 Å². The van der Waals surface area contributed by atoms with Gasteiger partial charge in [-0.25, -0.2) is 0 Å². The Kier molecular flexibility index (Phi) is 6.40. The quantitative estimate of drug-likeness (QED) is 0.724. The second-order valence-corrected chi connectivity index (χ2v) is 5.91. The van der Waals surface area contributed by atoms with Crippen LogP contribution in [0.2, 0.25) is 0 Å². The van der Waals surface area contributed by atoms with Gasteiger partial charge in [0.2, 0.25) is 0 Å². The third-order valence-electron chi connectivity index (χ3n) is 3.01. The van der Waals surface area contributed by atoms with Crippen molar-refractivity contribution in [1.29, 1.82) is 0 Å². The van der Waals surface area contributed by atoms with Crippen molar-refractivity contribution in [2.75, 3.05) is 13.2 Å². The molecule has 0 radical (unpaired) electrons. The summed E-state index contributed by atoms with van der Waals surface area (Å²) in [5.74, 6) is 0.219. The molecule has 4 nitrogen and oxygen atoms in total. The maximum absolute atomic E-state index is 11.7. The van der Waals surface area contributed by atoms with E-state index >= 15 is 0 Å². The van der Waals surface area contributed by atoms with Crippen molar-refractivity contribution in [2.24, 2.45) is 0 Å². The molecule has 0 N–H and O–H groups in total. The highest BCUT2D eigenvalue weighted by Crippen LogP contribution is 2.25. The molecule has 116 valence electrons. The Morgan fingerprint density at radius 2 is 1.86 bits per heavy atom. The van der Waals surface area contributed by atoms with E-state index in [1.54, 1.807) is 6.92 Å². The Morgan fingerprint density at radius 3 is 2.48 bits per heavy atom. The number of benzene rings is 1. The van der Waals surface area contributed by atoms with E-state index in [0.717, 1.165) is 5.56 Å². The molecule has 4 heteroatoms. The van der Waals surface area contributed by atoms with Crippen LogP contribution < -0.4 is 4.74 Å². The van der Waals surface area contributed by atoms with E-state index in [9.17, 15) is 9.59 Å². The SMILES string of the molecule is CCOC(=O)CCC(=O)COc1cccc(C(C)(C)C)c1. The molecule has 0 aliphatic heterocycles. The number of esters is 1. The Labute approximate surface area is 126 Å². The molecule has 0 aliphatic carbocycles. The van der Waals surface area contributed by atoms with Crippen LogP contribution in [0.15, 0.2) is 24.3 Å². The molecule has 1 aromatic carbocycles. The molecule has 0 unspecified atom stereocenters. The monoisotopic (exact) mass is 292 g/mol. The number of Topliss-reactive ketones (excluding diaryl/α,β-unsaturated/α-hetero) is 1. The van der Waals surface area contributed by atoms with Crippen LogP contribution in [-0.2, 0) is 19.7 Å². The Balaban J connectivity index is 2.45. The number of hydrogen-bond acceptors (Lipinski definition) is 4. The van der Waals surface area contributed by atoms with Crippen molar-refractivity contribution in [3.63, 3.8) is 0 Å². The molecule has 0 amide bonds. The zero-order valence-corrected chi connectivity index (χ0v) is 13.3. The molecule has 1 rings (SSSR count). The Hall–Kier alpha value is -1.84. The number of ketones is 1. The topological polar surface area (TPSA) is 52.6 Å². The molecule has 0 aromatic heterocycles. The molecule has 0 fully saturated rings. The molecule has 1 aromatic rings. The maximum Gasteiger partial charge on any atom is 0.306 e. The third kappa shape index (κ3) is 6.43. The fourth-order valence-corrected chi connectivity index (χ4v) is 1.76. The van der Waals surface area contributed by atoms with Crippen LogP contribution in [-0.4, -0.2) is 25.0 Å². The lowest BCUT2D eigenvalue weighted by atomic mass is 9.87. The molecule has 21 heavy (non-hydrogen) atoms. The normalized spacial score (nSPS) is 11.0. The highest BCUT2D eigenvalue weighted by Gasteiger charge is 2.14. The largest absolute Gasteiger partial charge is 0.486 e. The van der Waals surface area contributed by atoms with Gasteiger partial charge in [0, 0.05) is 6.42 Å². The highest BCUT2D eigenvalue weighted by atomic mass is 16.5. The maximum atomic E-state index is 11.7. The van der Waals surface area contributed by atoms with Crippen LogP contribution in [0.3, 0.4) is 0 Å². The van der Waals surface area contributed by atoms with Gasteiger partial charge < -0.3 is 9.47 Å². The minimum Gasteiger partial charge on any atom is -0.486 e. The van der Waals surface area contributed by atoms with E-state index in [-0.39, 0.29) is 36.6 Å². The zero-order valence-electron chi connectivity index (χ0n) is 13.3. The minimum atomic E-state index is -0.347. The Morgan fingerprint density at radius 1 is 1.14 bits per heavy atom. The minimum absolute atomic E-state index is 0.0208. The van der Waals surface area contributed by atoms with Gasteiger partial charge in [-0.1, -0.05) is 32.9 Å². The van der Waals surface area contributed by atoms with Crippen LogP contribution in [0.25, 0.3) is 0 Å². The van der Waals surface area contributed by atoms with Crippen LogP contribution in [0.1, 0.15) is 46.1 Å². The summed E-state index contributed by atoms with van der Waals surface area (Å²) in [4.78, 5) is 22.8. The molecule has 0 saturated heterocycles. The number of hydrogen-bond donors (Lipinski definition) is 0. The number of ether oxygens (including phenoxy) is 2. The van der Waals surface area contributed by atoms with Crippen LogP contribution >= 0.6 is 0 Å². The van der Waals surface area contributed by atoms with E-state index in [2.05, 4.69) is 20.8 Å². The van der Waals surface area contributed by atoms with Gasteiger partial charge in [-0.15, -0.1) is 0 Å². The third-order valence-corrected chi connectivity index (χ3v) is 3.01. The fourth-order valence-electron chi connectivity index (χ4n) is 1.76. The second-order valence-electron chi connectivity index (χ2n) is 5.91. The average molecular weight is 292 g/mol. The molecule has 0 spiro atoms. The lowest BCUT2D eigenvalue weighted by Crippen LogP contribution is -2.15. The van der Waals surface area contributed by atoms with Crippen LogP contribution in [0, 0.1) is 0 Å². The van der Waals surface area contributed by atoms with Crippen LogP contribution in [0.4, 0.5) is 0 Å². The summed E-state index contributed by atoms with van der Waals surface area (Å²) >= 11 is 0. The molecule has 0 atom stereocenters. The summed E-state index contributed by atoms with van der Waals surface area (Å²) in [5, 5.41) is 0. The van der Waals surface area contributed by atoms with Crippen molar-refractivity contribution in [2.45, 2.75) is 46.0 Å². The van der Waals surface area contributed by atoms with Gasteiger partial charge in [0.1, 0.15) is 12.4 Å². The lowest BCUT2D eigenvalue weighted by Gasteiger charge is -2.19. The molecule has 0 heterocycles. The number of rotatable bonds is 7. The van der Waals surface area contributed by atoms with Crippen molar-refractivity contribution in [1.82, 2.24) is 0 Å². The van der Waals surface area contributed by atoms with Gasteiger partial charge in [0.05, 0.1) is 13.0 Å². The van der Waals surface area contributed by atoms with Gasteiger partial charge in [-0.05, 0) is 30.0 Å². The molecular formula is C17H24O4. The molecule has 0 bridgehead atoms. The molecule has 0 saturated carbocycles. The first-order valence-electron chi connectivity index (χ1n) is 7.23. The van der Waals surface area contributed by atoms with E-state index in [4.69, 9.17) is 9.47 Å². The fraction of sp³-hybridized carbons (Fsp3) is 0.529. The van der Waals surface area contributed by atoms with E-state index in [0.29, 0.717) is 12.4 Å². The summed E-state index contributed by atoms with van der Waals surface area (Å²) in [6.45, 7) is 8.42. The second kappa shape index (κ2) is 7.81. The van der Waals surface area contributed by atoms with Crippen molar-refractivity contribution >= 4 is 11.8 Å². The predicted octanol–water partition coefficient (Wildman–Crippen LogP) is 3.28. The average Bonchev–Trinajstić information content (AvgIpc) is 2.42. The first-order chi connectivity index (χ1) is 9.82. The van der Waals surface area contributed by atoms with E-state index in [1.807, 2.05) is 24.3 Å². The lowest BCUT2D eigenvalue weighted by molar-refractivity contribution is -0.144. The summed E-state index contributed by atoms with van der Waals surface area (Å²) in [6, 6.07) is 7.72. The summed E-state index contributed by atoms with van der Waals surface area (Å²) in [5.41, 5.74) is 1.19. The number of carbonyl (C=O) groups is 2. The van der Waals surface area contributed by atoms with Gasteiger partial charge in [0.15, 0.2) is 5.78 Å². The number of carbonyl (C=O) groups excluding carboxylic acids is 2. The standard InChI is InChI=1S/C17H24O4/c1-5-20-16(19)10-9-14(18)12-21-15-8-6-7-13(11-15)17(2,3)4/h6-8,11H,5,9-10,12H2,1-4H3. The van der Waals surface area contributed by atoms with Gasteiger partial charge in [0.25, 0.3) is 0 Å². The zero-order chi connectivity index (χ0) is 15.9. The summed E-state index contributed by atoms with van der Waals surface area (Å²) < 4.78 is 10.3. The van der Waals surface area contributed by atoms with Gasteiger partial charge >= 0.3 is 5.97 Å². The summed E-state index contributed by atoms with van der Waals surface area (Å²) in [6.07, 6.45) is 0.260. The van der Waals surface area contributed by atoms with Crippen molar-refractivity contribution in [3.8, 4) is 5.75 Å².